The summed E-state index contributed by atoms with van der Waals surface area (Å²) in [7, 11) is 1.64. The van der Waals surface area contributed by atoms with Crippen LogP contribution in [0.1, 0.15) is 34.7 Å². The first-order valence-electron chi connectivity index (χ1n) is 8.37. The maximum Gasteiger partial charge on any atom is 0.338 e. The fourth-order valence-electron chi connectivity index (χ4n) is 3.00. The summed E-state index contributed by atoms with van der Waals surface area (Å²) in [6.07, 6.45) is 3.06. The summed E-state index contributed by atoms with van der Waals surface area (Å²) in [6.45, 7) is 5.27. The average Bonchev–Trinajstić information content (AvgIpc) is 2.56. The van der Waals surface area contributed by atoms with Crippen LogP contribution in [0.15, 0.2) is 29.2 Å². The Labute approximate surface area is 146 Å². The van der Waals surface area contributed by atoms with Crippen molar-refractivity contribution >= 4 is 11.8 Å². The van der Waals surface area contributed by atoms with Crippen LogP contribution in [-0.2, 0) is 11.8 Å². The number of aromatic nitrogens is 3. The number of esters is 1. The third-order valence-corrected chi connectivity index (χ3v) is 4.27. The molecule has 1 fully saturated rings. The van der Waals surface area contributed by atoms with Crippen LogP contribution in [0.4, 0.5) is 5.82 Å². The van der Waals surface area contributed by atoms with Gasteiger partial charge in [0.05, 0.1) is 12.1 Å². The van der Waals surface area contributed by atoms with Gasteiger partial charge in [-0.25, -0.2) is 14.8 Å². The highest BCUT2D eigenvalue weighted by atomic mass is 16.5. The van der Waals surface area contributed by atoms with Crippen molar-refractivity contribution in [3.8, 4) is 0 Å². The molecule has 0 radical (unpaired) electrons. The Bertz CT molecular complexity index is 826. The number of carbonyl (C=O) groups is 1. The Kier molecular flexibility index (Phi) is 4.83. The topological polar surface area (TPSA) is 77.3 Å². The van der Waals surface area contributed by atoms with E-state index in [0.29, 0.717) is 6.54 Å². The number of hydrogen-bond acceptors (Lipinski definition) is 6. The second-order valence-electron chi connectivity index (χ2n) is 6.39. The molecule has 0 bridgehead atoms. The third kappa shape index (κ3) is 4.04. The Morgan fingerprint density at radius 3 is 2.80 bits per heavy atom. The molecule has 7 heteroatoms. The van der Waals surface area contributed by atoms with E-state index in [1.165, 1.54) is 10.6 Å². The van der Waals surface area contributed by atoms with Gasteiger partial charge in [-0.1, -0.05) is 0 Å². The molecule has 2 aromatic heterocycles. The normalized spacial score (nSPS) is 17.4. The molecular weight excluding hydrogens is 320 g/mol. The van der Waals surface area contributed by atoms with Gasteiger partial charge in [-0.15, -0.1) is 0 Å². The predicted octanol–water partition coefficient (Wildman–Crippen LogP) is 1.62. The maximum atomic E-state index is 12.3. The van der Waals surface area contributed by atoms with Gasteiger partial charge in [-0.05, 0) is 32.8 Å². The molecule has 1 aliphatic rings. The lowest BCUT2D eigenvalue weighted by Crippen LogP contribution is -2.41. The van der Waals surface area contributed by atoms with Crippen LogP contribution in [0, 0.1) is 13.8 Å². The highest BCUT2D eigenvalue weighted by Gasteiger charge is 2.25. The zero-order chi connectivity index (χ0) is 18.0. The zero-order valence-corrected chi connectivity index (χ0v) is 14.7. The van der Waals surface area contributed by atoms with E-state index in [9.17, 15) is 9.59 Å². The molecule has 0 spiro atoms. The summed E-state index contributed by atoms with van der Waals surface area (Å²) in [5, 5.41) is 0. The van der Waals surface area contributed by atoms with E-state index in [4.69, 9.17) is 4.74 Å². The van der Waals surface area contributed by atoms with Crippen molar-refractivity contribution < 1.29 is 9.53 Å². The lowest BCUT2D eigenvalue weighted by Gasteiger charge is -2.33. The van der Waals surface area contributed by atoms with Crippen molar-refractivity contribution in [3.05, 3.63) is 51.8 Å². The van der Waals surface area contributed by atoms with Crippen LogP contribution in [0.5, 0.6) is 0 Å². The molecule has 0 N–H and O–H groups in total. The van der Waals surface area contributed by atoms with E-state index >= 15 is 0 Å². The number of anilines is 1. The molecule has 25 heavy (non-hydrogen) atoms. The lowest BCUT2D eigenvalue weighted by molar-refractivity contribution is 0.0269. The summed E-state index contributed by atoms with van der Waals surface area (Å²) in [6, 6.07) is 4.85. The van der Waals surface area contributed by atoms with Crippen molar-refractivity contribution in [3.63, 3.8) is 0 Å². The van der Waals surface area contributed by atoms with Gasteiger partial charge in [-0.2, -0.15) is 0 Å². The molecule has 7 nitrogen and oxygen atoms in total. The Morgan fingerprint density at radius 2 is 2.08 bits per heavy atom. The Hall–Kier alpha value is -2.70. The van der Waals surface area contributed by atoms with E-state index in [-0.39, 0.29) is 17.2 Å². The van der Waals surface area contributed by atoms with Crippen molar-refractivity contribution in [1.82, 2.24) is 14.5 Å². The molecular formula is C18H22N4O3. The predicted molar refractivity (Wildman–Crippen MR) is 93.8 cm³/mol. The molecule has 1 atom stereocenters. The first-order valence-corrected chi connectivity index (χ1v) is 8.37. The van der Waals surface area contributed by atoms with Gasteiger partial charge in [0.2, 0.25) is 0 Å². The van der Waals surface area contributed by atoms with Crippen LogP contribution in [0.3, 0.4) is 0 Å². The maximum absolute atomic E-state index is 12.3. The van der Waals surface area contributed by atoms with Crippen LogP contribution in [0.25, 0.3) is 0 Å². The number of carbonyl (C=O) groups excluding carboxylic acids is 1. The number of rotatable bonds is 3. The lowest BCUT2D eigenvalue weighted by atomic mass is 10.1. The van der Waals surface area contributed by atoms with Crippen molar-refractivity contribution in [2.45, 2.75) is 32.8 Å². The highest BCUT2D eigenvalue weighted by molar-refractivity contribution is 5.89. The molecule has 2 aromatic rings. The molecule has 0 amide bonds. The van der Waals surface area contributed by atoms with Gasteiger partial charge < -0.3 is 14.2 Å². The number of nitrogens with zero attached hydrogens (tertiary/aromatic N) is 4. The number of ether oxygens (including phenoxy) is 1. The SMILES string of the molecule is Cc1cc(N2CCC[C@H](OC(=O)c3ccn(C)c(=O)c3)C2)nc(C)n1. The van der Waals surface area contributed by atoms with E-state index in [1.54, 1.807) is 19.3 Å². The summed E-state index contributed by atoms with van der Waals surface area (Å²) in [5.74, 6) is 1.13. The number of pyridine rings is 1. The standard InChI is InChI=1S/C18H22N4O3/c1-12-9-16(20-13(2)19-12)22-7-4-5-15(11-22)25-18(24)14-6-8-21(3)17(23)10-14/h6,8-10,15H,4-5,7,11H2,1-3H3/t15-/m0/s1. The molecule has 3 heterocycles. The van der Waals surface area contributed by atoms with Gasteiger partial charge in [-0.3, -0.25) is 4.79 Å². The summed E-state index contributed by atoms with van der Waals surface area (Å²) in [4.78, 5) is 34.9. The number of aryl methyl sites for hydroxylation is 3. The first-order chi connectivity index (χ1) is 11.9. The highest BCUT2D eigenvalue weighted by Crippen LogP contribution is 2.21. The molecule has 0 saturated carbocycles. The molecule has 132 valence electrons. The largest absolute Gasteiger partial charge is 0.457 e. The van der Waals surface area contributed by atoms with Gasteiger partial charge in [0.15, 0.2) is 0 Å². The summed E-state index contributed by atoms with van der Waals surface area (Å²) >= 11 is 0. The monoisotopic (exact) mass is 342 g/mol. The van der Waals surface area contributed by atoms with Crippen molar-refractivity contribution in [1.29, 1.82) is 0 Å². The molecule has 3 rings (SSSR count). The summed E-state index contributed by atoms with van der Waals surface area (Å²) in [5.41, 5.74) is 0.974. The van der Waals surface area contributed by atoms with E-state index in [1.807, 2.05) is 19.9 Å². The van der Waals surface area contributed by atoms with Crippen LogP contribution < -0.4 is 10.5 Å². The Balaban J connectivity index is 1.69. The van der Waals surface area contributed by atoms with Crippen LogP contribution in [0.2, 0.25) is 0 Å². The van der Waals surface area contributed by atoms with Gasteiger partial charge in [0, 0.05) is 37.6 Å². The van der Waals surface area contributed by atoms with Gasteiger partial charge in [0.1, 0.15) is 17.7 Å². The number of hydrogen-bond donors (Lipinski definition) is 0. The zero-order valence-electron chi connectivity index (χ0n) is 14.7. The quantitative estimate of drug-likeness (QED) is 0.789. The first kappa shape index (κ1) is 17.1. The fourth-order valence-corrected chi connectivity index (χ4v) is 3.00. The number of piperidine rings is 1. The van der Waals surface area contributed by atoms with Gasteiger partial charge >= 0.3 is 5.97 Å². The molecule has 1 saturated heterocycles. The van der Waals surface area contributed by atoms with Crippen LogP contribution in [-0.4, -0.2) is 39.7 Å². The third-order valence-electron chi connectivity index (χ3n) is 4.27. The molecule has 0 aliphatic carbocycles. The molecule has 0 aromatic carbocycles. The minimum Gasteiger partial charge on any atom is -0.457 e. The second kappa shape index (κ2) is 7.04. The van der Waals surface area contributed by atoms with Crippen LogP contribution >= 0.6 is 0 Å². The smallest absolute Gasteiger partial charge is 0.338 e. The van der Waals surface area contributed by atoms with Gasteiger partial charge in [0.25, 0.3) is 5.56 Å². The summed E-state index contributed by atoms with van der Waals surface area (Å²) < 4.78 is 7.03. The minimum absolute atomic E-state index is 0.221. The second-order valence-corrected chi connectivity index (χ2v) is 6.39. The molecule has 0 unspecified atom stereocenters. The van der Waals surface area contributed by atoms with E-state index in [2.05, 4.69) is 14.9 Å². The Morgan fingerprint density at radius 1 is 1.28 bits per heavy atom. The van der Waals surface area contributed by atoms with Crippen molar-refractivity contribution in [2.24, 2.45) is 7.05 Å². The van der Waals surface area contributed by atoms with Crippen molar-refractivity contribution in [2.75, 3.05) is 18.0 Å². The molecule has 1 aliphatic heterocycles. The average molecular weight is 342 g/mol. The minimum atomic E-state index is -0.459. The fraction of sp³-hybridized carbons (Fsp3) is 0.444. The van der Waals surface area contributed by atoms with E-state index in [0.717, 1.165) is 36.7 Å². The van der Waals surface area contributed by atoms with E-state index < -0.39 is 5.97 Å².